The second-order valence-electron chi connectivity index (χ2n) is 7.86. The Balaban J connectivity index is 1.73. The van der Waals surface area contributed by atoms with E-state index in [0.29, 0.717) is 18.8 Å². The standard InChI is InChI=1S/C20H31N3O5S/c1-22(16-7-6-8-17(16)24)14-20(25)21-15-9-10-18(28-2)19(13-15)29(26,27)23-11-4-3-5-12-23/h9-10,13,16-17,24H,3-8,11-12,14H2,1-2H3,(H,21,25)/t16-,17-/m1/s1. The summed E-state index contributed by atoms with van der Waals surface area (Å²) in [4.78, 5) is 14.4. The average molecular weight is 426 g/mol. The normalized spacial score (nSPS) is 23.3. The van der Waals surface area contributed by atoms with Crippen LogP contribution in [0.2, 0.25) is 0 Å². The minimum absolute atomic E-state index is 0.0216. The van der Waals surface area contributed by atoms with E-state index in [0.717, 1.165) is 38.5 Å². The molecule has 1 aromatic rings. The summed E-state index contributed by atoms with van der Waals surface area (Å²) < 4.78 is 32.9. The number of methoxy groups -OCH3 is 1. The number of nitrogens with zero attached hydrogens (tertiary/aromatic N) is 2. The molecule has 8 nitrogen and oxygen atoms in total. The molecule has 2 atom stereocenters. The third kappa shape index (κ3) is 5.09. The number of aliphatic hydroxyl groups is 1. The van der Waals surface area contributed by atoms with Crippen LogP contribution in [0.25, 0.3) is 0 Å². The van der Waals surface area contributed by atoms with Gasteiger partial charge in [0, 0.05) is 24.8 Å². The molecule has 1 saturated carbocycles. The minimum Gasteiger partial charge on any atom is -0.495 e. The quantitative estimate of drug-likeness (QED) is 0.689. The van der Waals surface area contributed by atoms with Gasteiger partial charge in [-0.15, -0.1) is 0 Å². The summed E-state index contributed by atoms with van der Waals surface area (Å²) in [6.07, 6.45) is 4.89. The van der Waals surface area contributed by atoms with Crippen LogP contribution in [0, 0.1) is 0 Å². The molecular weight excluding hydrogens is 394 g/mol. The number of hydrogen-bond donors (Lipinski definition) is 2. The SMILES string of the molecule is COc1ccc(NC(=O)CN(C)[C@@H]2CCC[C@H]2O)cc1S(=O)(=O)N1CCCCC1. The van der Waals surface area contributed by atoms with Gasteiger partial charge < -0.3 is 15.2 Å². The van der Waals surface area contributed by atoms with Gasteiger partial charge in [-0.05, 0) is 57.4 Å². The Hall–Kier alpha value is -1.68. The summed E-state index contributed by atoms with van der Waals surface area (Å²) in [6, 6.07) is 4.64. The van der Waals surface area contributed by atoms with E-state index in [1.54, 1.807) is 12.1 Å². The molecular formula is C20H31N3O5S. The average Bonchev–Trinajstić information content (AvgIpc) is 3.14. The smallest absolute Gasteiger partial charge is 0.246 e. The fourth-order valence-electron chi connectivity index (χ4n) is 4.18. The summed E-state index contributed by atoms with van der Waals surface area (Å²) in [5.41, 5.74) is 0.409. The summed E-state index contributed by atoms with van der Waals surface area (Å²) in [5, 5.41) is 12.8. The van der Waals surface area contributed by atoms with E-state index >= 15 is 0 Å². The van der Waals surface area contributed by atoms with Gasteiger partial charge in [-0.3, -0.25) is 9.69 Å². The summed E-state index contributed by atoms with van der Waals surface area (Å²) in [5.74, 6) is 0.0119. The molecule has 3 rings (SSSR count). The lowest BCUT2D eigenvalue weighted by Gasteiger charge is -2.27. The maximum atomic E-state index is 13.1. The van der Waals surface area contributed by atoms with E-state index < -0.39 is 16.1 Å². The molecule has 1 aliphatic heterocycles. The molecule has 0 spiro atoms. The van der Waals surface area contributed by atoms with E-state index in [9.17, 15) is 18.3 Å². The number of amides is 1. The number of hydrogen-bond acceptors (Lipinski definition) is 6. The molecule has 1 aromatic carbocycles. The van der Waals surface area contributed by atoms with Crippen LogP contribution < -0.4 is 10.1 Å². The molecule has 0 radical (unpaired) electrons. The first-order valence-corrected chi connectivity index (χ1v) is 11.6. The first-order valence-electron chi connectivity index (χ1n) is 10.2. The molecule has 2 fully saturated rings. The molecule has 29 heavy (non-hydrogen) atoms. The molecule has 0 unspecified atom stereocenters. The number of aliphatic hydroxyl groups excluding tert-OH is 1. The Morgan fingerprint density at radius 1 is 1.24 bits per heavy atom. The largest absolute Gasteiger partial charge is 0.495 e. The van der Waals surface area contributed by atoms with Crippen molar-refractivity contribution in [1.82, 2.24) is 9.21 Å². The lowest BCUT2D eigenvalue weighted by Crippen LogP contribution is -2.42. The van der Waals surface area contributed by atoms with Gasteiger partial charge in [-0.1, -0.05) is 6.42 Å². The van der Waals surface area contributed by atoms with Gasteiger partial charge in [0.05, 0.1) is 19.8 Å². The van der Waals surface area contributed by atoms with Crippen molar-refractivity contribution in [3.63, 3.8) is 0 Å². The van der Waals surface area contributed by atoms with Gasteiger partial charge in [0.25, 0.3) is 0 Å². The zero-order chi connectivity index (χ0) is 21.0. The number of ether oxygens (including phenoxy) is 1. The van der Waals surface area contributed by atoms with Crippen LogP contribution in [0.15, 0.2) is 23.1 Å². The second-order valence-corrected chi connectivity index (χ2v) is 9.77. The molecule has 162 valence electrons. The van der Waals surface area contributed by atoms with Gasteiger partial charge in [0.2, 0.25) is 15.9 Å². The second kappa shape index (κ2) is 9.42. The third-order valence-corrected chi connectivity index (χ3v) is 7.70. The first kappa shape index (κ1) is 22.0. The number of piperidine rings is 1. The number of carbonyl (C=O) groups is 1. The molecule has 9 heteroatoms. The van der Waals surface area contributed by atoms with Gasteiger partial charge >= 0.3 is 0 Å². The minimum atomic E-state index is -3.69. The predicted octanol–water partition coefficient (Wildman–Crippen LogP) is 1.65. The number of rotatable bonds is 7. The van der Waals surface area contributed by atoms with Crippen LogP contribution in [0.4, 0.5) is 5.69 Å². The molecule has 1 aliphatic carbocycles. The molecule has 2 aliphatic rings. The molecule has 1 amide bonds. The Kier molecular flexibility index (Phi) is 7.15. The number of sulfonamides is 1. The van der Waals surface area contributed by atoms with Gasteiger partial charge in [0.1, 0.15) is 10.6 Å². The van der Waals surface area contributed by atoms with Crippen molar-refractivity contribution in [2.45, 2.75) is 55.6 Å². The zero-order valence-electron chi connectivity index (χ0n) is 17.1. The Morgan fingerprint density at radius 3 is 2.59 bits per heavy atom. The number of benzene rings is 1. The van der Waals surface area contributed by atoms with E-state index in [1.807, 2.05) is 11.9 Å². The van der Waals surface area contributed by atoms with Crippen molar-refractivity contribution >= 4 is 21.6 Å². The van der Waals surface area contributed by atoms with Crippen LogP contribution in [0.5, 0.6) is 5.75 Å². The highest BCUT2D eigenvalue weighted by Gasteiger charge is 2.31. The van der Waals surface area contributed by atoms with E-state index in [-0.39, 0.29) is 29.1 Å². The lowest BCUT2D eigenvalue weighted by molar-refractivity contribution is -0.117. The van der Waals surface area contributed by atoms with Gasteiger partial charge in [0.15, 0.2) is 0 Å². The third-order valence-electron chi connectivity index (χ3n) is 5.78. The lowest BCUT2D eigenvalue weighted by atomic mass is 10.2. The van der Waals surface area contributed by atoms with E-state index in [2.05, 4.69) is 5.32 Å². The van der Waals surface area contributed by atoms with E-state index in [1.165, 1.54) is 17.5 Å². The molecule has 2 N–H and O–H groups in total. The monoisotopic (exact) mass is 425 g/mol. The Labute approximate surface area is 172 Å². The van der Waals surface area contributed by atoms with Crippen LogP contribution in [0.3, 0.4) is 0 Å². The van der Waals surface area contributed by atoms with Crippen molar-refractivity contribution in [1.29, 1.82) is 0 Å². The van der Waals surface area contributed by atoms with Crippen molar-refractivity contribution in [3.8, 4) is 5.75 Å². The number of carbonyl (C=O) groups excluding carboxylic acids is 1. The topological polar surface area (TPSA) is 99.2 Å². The summed E-state index contributed by atoms with van der Waals surface area (Å²) in [7, 11) is -0.439. The van der Waals surface area contributed by atoms with Crippen molar-refractivity contribution in [3.05, 3.63) is 18.2 Å². The van der Waals surface area contributed by atoms with Gasteiger partial charge in [-0.25, -0.2) is 8.42 Å². The van der Waals surface area contributed by atoms with Crippen LogP contribution in [0.1, 0.15) is 38.5 Å². The predicted molar refractivity (Wildman–Crippen MR) is 111 cm³/mol. The van der Waals surface area contributed by atoms with Crippen molar-refractivity contribution in [2.75, 3.05) is 39.1 Å². The highest BCUT2D eigenvalue weighted by atomic mass is 32.2. The van der Waals surface area contributed by atoms with Crippen LogP contribution in [-0.4, -0.2) is 74.6 Å². The zero-order valence-corrected chi connectivity index (χ0v) is 18.0. The van der Waals surface area contributed by atoms with E-state index in [4.69, 9.17) is 4.74 Å². The van der Waals surface area contributed by atoms with Crippen molar-refractivity contribution in [2.24, 2.45) is 0 Å². The summed E-state index contributed by atoms with van der Waals surface area (Å²) in [6.45, 7) is 1.12. The Morgan fingerprint density at radius 2 is 1.97 bits per heavy atom. The molecule has 1 saturated heterocycles. The maximum Gasteiger partial charge on any atom is 0.246 e. The fraction of sp³-hybridized carbons (Fsp3) is 0.650. The van der Waals surface area contributed by atoms with Crippen LogP contribution >= 0.6 is 0 Å². The highest BCUT2D eigenvalue weighted by molar-refractivity contribution is 7.89. The van der Waals surface area contributed by atoms with Crippen molar-refractivity contribution < 1.29 is 23.1 Å². The summed E-state index contributed by atoms with van der Waals surface area (Å²) >= 11 is 0. The maximum absolute atomic E-state index is 13.1. The molecule has 0 bridgehead atoms. The molecule has 1 heterocycles. The number of anilines is 1. The highest BCUT2D eigenvalue weighted by Crippen LogP contribution is 2.31. The fourth-order valence-corrected chi connectivity index (χ4v) is 5.88. The Bertz CT molecular complexity index is 823. The van der Waals surface area contributed by atoms with Crippen LogP contribution in [-0.2, 0) is 14.8 Å². The number of nitrogens with one attached hydrogen (secondary N) is 1. The molecule has 0 aromatic heterocycles. The first-order chi connectivity index (χ1) is 13.8. The number of likely N-dealkylation sites (N-methyl/N-ethyl adjacent to an activating group) is 1. The van der Waals surface area contributed by atoms with Gasteiger partial charge in [-0.2, -0.15) is 4.31 Å².